The molecule has 0 aromatic heterocycles. The molecule has 0 aliphatic heterocycles. The van der Waals surface area contributed by atoms with Gasteiger partial charge in [-0.05, 0) is 73.8 Å². The number of allylic oxidation sites excluding steroid dienone is 4. The third-order valence-electron chi connectivity index (χ3n) is 8.40. The quantitative estimate of drug-likeness (QED) is 0.565. The van der Waals surface area contributed by atoms with Crippen LogP contribution >= 0.6 is 0 Å². The maximum atomic E-state index is 12.7. The Labute approximate surface area is 168 Å². The summed E-state index contributed by atoms with van der Waals surface area (Å²) in [6, 6.07) is 0. The number of carbonyl (C=O) groups is 1. The summed E-state index contributed by atoms with van der Waals surface area (Å²) in [5, 5.41) is 1.71. The van der Waals surface area contributed by atoms with Gasteiger partial charge >= 0.3 is 0 Å². The summed E-state index contributed by atoms with van der Waals surface area (Å²) in [6.07, 6.45) is 12.4. The predicted molar refractivity (Wildman–Crippen MR) is 110 cm³/mol. The summed E-state index contributed by atoms with van der Waals surface area (Å²) in [5.41, 5.74) is 8.06. The molecule has 5 nitrogen and oxygen atoms in total. The number of ether oxygens (including phenoxy) is 1. The minimum Gasteiger partial charge on any atom is -0.498 e. The Bertz CT molecular complexity index is 755. The normalized spacial score (nSPS) is 40.1. The predicted octanol–water partition coefficient (Wildman–Crippen LogP) is 3.98. The molecule has 0 bridgehead atoms. The highest BCUT2D eigenvalue weighted by Gasteiger charge is 2.59. The Hall–Kier alpha value is -1.75. The van der Waals surface area contributed by atoms with Gasteiger partial charge in [0.05, 0.1) is 12.4 Å². The van der Waals surface area contributed by atoms with Crippen molar-refractivity contribution in [3.05, 3.63) is 35.5 Å². The van der Waals surface area contributed by atoms with E-state index in [0.29, 0.717) is 30.1 Å². The second kappa shape index (κ2) is 6.94. The fourth-order valence-corrected chi connectivity index (χ4v) is 6.91. The SMILES string of the molecule is CCOC1=CC2=C(N(N)/C=C\N)CC3C4CCC(=O)C4(C)CCC3C2(C)CC1. The number of hydrogen-bond acceptors (Lipinski definition) is 5. The van der Waals surface area contributed by atoms with E-state index >= 15 is 0 Å². The molecule has 0 spiro atoms. The Kier molecular flexibility index (Phi) is 4.85. The zero-order chi connectivity index (χ0) is 20.1. The molecule has 5 unspecified atom stereocenters. The summed E-state index contributed by atoms with van der Waals surface area (Å²) in [5.74, 6) is 9.56. The lowest BCUT2D eigenvalue weighted by Gasteiger charge is -2.57. The zero-order valence-electron chi connectivity index (χ0n) is 17.5. The molecule has 0 aromatic carbocycles. The van der Waals surface area contributed by atoms with Crippen LogP contribution in [0.25, 0.3) is 0 Å². The molecule has 0 amide bonds. The average molecular weight is 386 g/mol. The van der Waals surface area contributed by atoms with Gasteiger partial charge in [0.1, 0.15) is 5.78 Å². The first kappa shape index (κ1) is 19.6. The van der Waals surface area contributed by atoms with Crippen molar-refractivity contribution in [2.24, 2.45) is 40.2 Å². The van der Waals surface area contributed by atoms with E-state index in [1.807, 2.05) is 6.92 Å². The molecule has 4 rings (SSSR count). The number of fused-ring (bicyclic) bond motifs is 5. The van der Waals surface area contributed by atoms with Crippen molar-refractivity contribution < 1.29 is 9.53 Å². The van der Waals surface area contributed by atoms with Gasteiger partial charge in [-0.2, -0.15) is 0 Å². The fraction of sp³-hybridized carbons (Fsp3) is 0.696. The van der Waals surface area contributed by atoms with Crippen molar-refractivity contribution >= 4 is 5.78 Å². The molecule has 0 radical (unpaired) electrons. The van der Waals surface area contributed by atoms with E-state index in [1.165, 1.54) is 11.8 Å². The number of nitrogens with zero attached hydrogens (tertiary/aromatic N) is 1. The summed E-state index contributed by atoms with van der Waals surface area (Å²) < 4.78 is 5.88. The molecule has 0 saturated heterocycles. The van der Waals surface area contributed by atoms with Gasteiger partial charge in [0, 0.05) is 36.4 Å². The molecule has 0 heterocycles. The lowest BCUT2D eigenvalue weighted by Crippen LogP contribution is -2.51. The number of hydrogen-bond donors (Lipinski definition) is 2. The lowest BCUT2D eigenvalue weighted by atomic mass is 9.48. The van der Waals surface area contributed by atoms with Gasteiger partial charge in [0.15, 0.2) is 0 Å². The summed E-state index contributed by atoms with van der Waals surface area (Å²) in [6.45, 7) is 7.36. The lowest BCUT2D eigenvalue weighted by molar-refractivity contribution is -0.131. The fourth-order valence-electron chi connectivity index (χ4n) is 6.91. The van der Waals surface area contributed by atoms with Crippen LogP contribution in [0.4, 0.5) is 0 Å². The molecule has 4 aliphatic carbocycles. The molecule has 4 N–H and O–H groups in total. The van der Waals surface area contributed by atoms with Crippen molar-refractivity contribution in [2.75, 3.05) is 6.61 Å². The highest BCUT2D eigenvalue weighted by molar-refractivity contribution is 5.87. The van der Waals surface area contributed by atoms with E-state index in [1.54, 1.807) is 11.2 Å². The average Bonchev–Trinajstić information content (AvgIpc) is 2.97. The largest absolute Gasteiger partial charge is 0.498 e. The molecule has 0 aromatic rings. The van der Waals surface area contributed by atoms with Crippen molar-refractivity contribution in [1.29, 1.82) is 0 Å². The number of ketones is 1. The summed E-state index contributed by atoms with van der Waals surface area (Å²) >= 11 is 0. The van der Waals surface area contributed by atoms with E-state index in [0.717, 1.165) is 56.4 Å². The van der Waals surface area contributed by atoms with Crippen LogP contribution in [-0.4, -0.2) is 17.4 Å². The van der Waals surface area contributed by atoms with Gasteiger partial charge in [-0.1, -0.05) is 13.8 Å². The molecule has 5 heteroatoms. The number of Topliss-reactive ketones (excluding diaryl/α,β-unsaturated/α-hetero) is 1. The van der Waals surface area contributed by atoms with Crippen LogP contribution in [0.1, 0.15) is 65.7 Å². The van der Waals surface area contributed by atoms with Crippen LogP contribution in [-0.2, 0) is 9.53 Å². The number of hydrazine groups is 1. The number of nitrogens with two attached hydrogens (primary N) is 2. The van der Waals surface area contributed by atoms with Crippen LogP contribution < -0.4 is 11.6 Å². The van der Waals surface area contributed by atoms with E-state index in [2.05, 4.69) is 19.9 Å². The minimum atomic E-state index is -0.135. The highest BCUT2D eigenvalue weighted by atomic mass is 16.5. The van der Waals surface area contributed by atoms with E-state index in [4.69, 9.17) is 16.3 Å². The van der Waals surface area contributed by atoms with Crippen LogP contribution in [0.2, 0.25) is 0 Å². The van der Waals surface area contributed by atoms with E-state index in [-0.39, 0.29) is 10.8 Å². The third kappa shape index (κ3) is 2.73. The van der Waals surface area contributed by atoms with Crippen LogP contribution in [0.5, 0.6) is 0 Å². The van der Waals surface area contributed by atoms with Crippen LogP contribution in [0.15, 0.2) is 35.5 Å². The van der Waals surface area contributed by atoms with Gasteiger partial charge in [0.25, 0.3) is 0 Å². The second-order valence-corrected chi connectivity index (χ2v) is 9.57. The smallest absolute Gasteiger partial charge is 0.139 e. The standard InChI is InChI=1S/C23H35N3O2/c1-4-28-15-7-9-22(2)18-8-10-23(3)17(5-6-21(23)27)16(18)14-20(19(22)13-15)26(25)12-11-24/h11-13,16-18H,4-10,14,24-25H2,1-3H3/b12-11-. The topological polar surface area (TPSA) is 81.6 Å². The van der Waals surface area contributed by atoms with Crippen molar-refractivity contribution in [3.8, 4) is 0 Å². The molecule has 4 aliphatic rings. The van der Waals surface area contributed by atoms with Gasteiger partial charge in [0.2, 0.25) is 0 Å². The number of rotatable bonds is 4. The molecule has 2 saturated carbocycles. The Morgan fingerprint density at radius 1 is 1.21 bits per heavy atom. The Morgan fingerprint density at radius 3 is 2.68 bits per heavy atom. The van der Waals surface area contributed by atoms with Gasteiger partial charge in [-0.3, -0.25) is 9.80 Å². The first-order chi connectivity index (χ1) is 13.3. The first-order valence-electron chi connectivity index (χ1n) is 10.9. The highest BCUT2D eigenvalue weighted by Crippen LogP contribution is 2.65. The maximum Gasteiger partial charge on any atom is 0.139 e. The van der Waals surface area contributed by atoms with Gasteiger partial charge < -0.3 is 10.5 Å². The van der Waals surface area contributed by atoms with Crippen molar-refractivity contribution in [3.63, 3.8) is 0 Å². The minimum absolute atomic E-state index is 0.0753. The Balaban J connectivity index is 1.81. The van der Waals surface area contributed by atoms with Gasteiger partial charge in [-0.25, -0.2) is 5.84 Å². The molecule has 2 fully saturated rings. The van der Waals surface area contributed by atoms with Crippen molar-refractivity contribution in [2.45, 2.75) is 65.7 Å². The summed E-state index contributed by atoms with van der Waals surface area (Å²) in [7, 11) is 0. The van der Waals surface area contributed by atoms with E-state index in [9.17, 15) is 4.79 Å². The zero-order valence-corrected chi connectivity index (χ0v) is 17.5. The molecule has 154 valence electrons. The molecule has 5 atom stereocenters. The second-order valence-electron chi connectivity index (χ2n) is 9.57. The van der Waals surface area contributed by atoms with Crippen LogP contribution in [0, 0.1) is 28.6 Å². The van der Waals surface area contributed by atoms with Crippen molar-refractivity contribution in [1.82, 2.24) is 5.01 Å². The molecular weight excluding hydrogens is 350 g/mol. The Morgan fingerprint density at radius 2 is 1.96 bits per heavy atom. The first-order valence-corrected chi connectivity index (χ1v) is 10.9. The van der Waals surface area contributed by atoms with Crippen LogP contribution in [0.3, 0.4) is 0 Å². The third-order valence-corrected chi connectivity index (χ3v) is 8.40. The molecular formula is C23H35N3O2. The molecule has 28 heavy (non-hydrogen) atoms. The van der Waals surface area contributed by atoms with Gasteiger partial charge in [-0.15, -0.1) is 0 Å². The monoisotopic (exact) mass is 385 g/mol. The number of carbonyl (C=O) groups excluding carboxylic acids is 1. The van der Waals surface area contributed by atoms with E-state index < -0.39 is 0 Å². The maximum absolute atomic E-state index is 12.7. The summed E-state index contributed by atoms with van der Waals surface area (Å²) in [4.78, 5) is 12.7.